The lowest BCUT2D eigenvalue weighted by Gasteiger charge is -2.15. The predicted octanol–water partition coefficient (Wildman–Crippen LogP) is 3.00. The van der Waals surface area contributed by atoms with Gasteiger partial charge in [0.1, 0.15) is 6.54 Å². The summed E-state index contributed by atoms with van der Waals surface area (Å²) in [6, 6.07) is 15.9. The summed E-state index contributed by atoms with van der Waals surface area (Å²) in [4.78, 5) is 39.4. The Kier molecular flexibility index (Phi) is 3.50. The van der Waals surface area contributed by atoms with Gasteiger partial charge in [-0.25, -0.2) is 0 Å². The fourth-order valence-corrected chi connectivity index (χ4v) is 4.23. The van der Waals surface area contributed by atoms with Gasteiger partial charge < -0.3 is 4.90 Å². The Bertz CT molecular complexity index is 906. The number of rotatable bonds is 3. The van der Waals surface area contributed by atoms with E-state index in [0.717, 1.165) is 10.5 Å². The zero-order valence-electron chi connectivity index (χ0n) is 14.4. The quantitative estimate of drug-likeness (QED) is 0.362. The van der Waals surface area contributed by atoms with Crippen molar-refractivity contribution < 1.29 is 14.4 Å². The van der Waals surface area contributed by atoms with Crippen molar-refractivity contribution in [1.82, 2.24) is 9.80 Å². The van der Waals surface area contributed by atoms with Gasteiger partial charge in [-0.2, -0.15) is 0 Å². The highest BCUT2D eigenvalue weighted by molar-refractivity contribution is 6.29. The molecule has 1 unspecified atom stereocenters. The average molecular weight is 369 g/mol. The van der Waals surface area contributed by atoms with E-state index < -0.39 is 22.4 Å². The normalized spacial score (nSPS) is 23.2. The number of nitrogens with zero attached hydrogens (tertiary/aromatic N) is 2. The van der Waals surface area contributed by atoms with Crippen LogP contribution in [0.2, 0.25) is 0 Å². The van der Waals surface area contributed by atoms with Crippen molar-refractivity contribution >= 4 is 29.3 Å². The molecule has 3 amide bonds. The van der Waals surface area contributed by atoms with Crippen molar-refractivity contribution in [2.24, 2.45) is 0 Å². The largest absolute Gasteiger partial charge is 0.307 e. The van der Waals surface area contributed by atoms with Crippen LogP contribution in [0.15, 0.2) is 54.6 Å². The molecule has 2 heterocycles. The highest BCUT2D eigenvalue weighted by Crippen LogP contribution is 2.61. The predicted molar refractivity (Wildman–Crippen MR) is 96.7 cm³/mol. The zero-order chi connectivity index (χ0) is 18.7. The highest BCUT2D eigenvalue weighted by atomic mass is 35.5. The van der Waals surface area contributed by atoms with Gasteiger partial charge in [-0.3, -0.25) is 19.3 Å². The van der Waals surface area contributed by atoms with Crippen molar-refractivity contribution in [3.63, 3.8) is 0 Å². The molecule has 6 heteroatoms. The van der Waals surface area contributed by atoms with E-state index in [9.17, 15) is 14.4 Å². The second-order valence-electron chi connectivity index (χ2n) is 7.02. The van der Waals surface area contributed by atoms with E-state index in [4.69, 9.17) is 11.6 Å². The van der Waals surface area contributed by atoms with Crippen LogP contribution in [0.3, 0.4) is 0 Å². The van der Waals surface area contributed by atoms with Crippen LogP contribution in [-0.4, -0.2) is 39.6 Å². The molecule has 0 aromatic heterocycles. The fourth-order valence-electron chi connectivity index (χ4n) is 3.76. The number of benzene rings is 2. The monoisotopic (exact) mass is 368 g/mol. The van der Waals surface area contributed by atoms with Gasteiger partial charge in [0.2, 0.25) is 5.91 Å². The van der Waals surface area contributed by atoms with Gasteiger partial charge in [-0.05, 0) is 31.5 Å². The average Bonchev–Trinajstić information content (AvgIpc) is 3.01. The van der Waals surface area contributed by atoms with Crippen LogP contribution in [0, 0.1) is 0 Å². The van der Waals surface area contributed by atoms with Crippen molar-refractivity contribution in [1.29, 1.82) is 0 Å². The Morgan fingerprint density at radius 3 is 1.96 bits per heavy atom. The standard InChI is InChI=1S/C20H17ClN2O3/c1-19(2)20(21,13-8-4-3-5-9-13)23(19)16(24)12-22-17(25)14-10-6-7-11-15(14)18(22)26/h3-11H,12H2,1-2H3. The van der Waals surface area contributed by atoms with Gasteiger partial charge in [0, 0.05) is 0 Å². The maximum Gasteiger partial charge on any atom is 0.262 e. The van der Waals surface area contributed by atoms with Gasteiger partial charge >= 0.3 is 0 Å². The molecule has 0 aliphatic carbocycles. The van der Waals surface area contributed by atoms with Gasteiger partial charge in [0.05, 0.1) is 16.7 Å². The molecule has 132 valence electrons. The van der Waals surface area contributed by atoms with Gasteiger partial charge in [-0.1, -0.05) is 54.1 Å². The molecule has 1 saturated heterocycles. The molecule has 4 rings (SSSR count). The Morgan fingerprint density at radius 2 is 1.42 bits per heavy atom. The van der Waals surface area contributed by atoms with Crippen molar-refractivity contribution in [3.05, 3.63) is 71.3 Å². The van der Waals surface area contributed by atoms with E-state index >= 15 is 0 Å². The number of carbonyl (C=O) groups is 3. The number of amides is 3. The van der Waals surface area contributed by atoms with Crippen LogP contribution >= 0.6 is 11.6 Å². The summed E-state index contributed by atoms with van der Waals surface area (Å²) in [5.41, 5.74) is 0.847. The number of halogens is 1. The third-order valence-corrected chi connectivity index (χ3v) is 6.05. The Hall–Kier alpha value is -2.66. The number of alkyl halides is 1. The second kappa shape index (κ2) is 5.42. The van der Waals surface area contributed by atoms with Crippen molar-refractivity contribution in [3.8, 4) is 0 Å². The molecule has 2 aliphatic rings. The number of hydrogen-bond donors (Lipinski definition) is 0. The number of fused-ring (bicyclic) bond motifs is 1. The molecule has 0 N–H and O–H groups in total. The minimum absolute atomic E-state index is 0.322. The molecule has 26 heavy (non-hydrogen) atoms. The summed E-state index contributed by atoms with van der Waals surface area (Å²) >= 11 is 6.79. The molecule has 1 fully saturated rings. The molecule has 0 saturated carbocycles. The van der Waals surface area contributed by atoms with Crippen LogP contribution in [0.25, 0.3) is 0 Å². The summed E-state index contributed by atoms with van der Waals surface area (Å²) in [6.07, 6.45) is 0. The first-order valence-corrected chi connectivity index (χ1v) is 8.71. The zero-order valence-corrected chi connectivity index (χ0v) is 15.2. The molecule has 5 nitrogen and oxygen atoms in total. The smallest absolute Gasteiger partial charge is 0.262 e. The Morgan fingerprint density at radius 1 is 0.923 bits per heavy atom. The van der Waals surface area contributed by atoms with Crippen LogP contribution in [0.1, 0.15) is 40.1 Å². The lowest BCUT2D eigenvalue weighted by Crippen LogP contribution is -2.38. The van der Waals surface area contributed by atoms with Gasteiger partial charge in [0.25, 0.3) is 11.8 Å². The molecule has 2 aliphatic heterocycles. The first-order chi connectivity index (χ1) is 12.3. The molecule has 2 aromatic rings. The molecular formula is C20H17ClN2O3. The number of hydrogen-bond acceptors (Lipinski definition) is 3. The molecular weight excluding hydrogens is 352 g/mol. The van der Waals surface area contributed by atoms with Gasteiger partial charge in [0.15, 0.2) is 5.00 Å². The minimum Gasteiger partial charge on any atom is -0.307 e. The first-order valence-electron chi connectivity index (χ1n) is 8.33. The summed E-state index contributed by atoms with van der Waals surface area (Å²) in [7, 11) is 0. The van der Waals surface area contributed by atoms with E-state index in [1.165, 1.54) is 4.90 Å². The Balaban J connectivity index is 1.59. The van der Waals surface area contributed by atoms with E-state index in [0.29, 0.717) is 11.1 Å². The topological polar surface area (TPSA) is 57.5 Å². The molecule has 0 radical (unpaired) electrons. The van der Waals surface area contributed by atoms with Gasteiger partial charge in [-0.15, -0.1) is 0 Å². The van der Waals surface area contributed by atoms with Crippen molar-refractivity contribution in [2.45, 2.75) is 24.4 Å². The van der Waals surface area contributed by atoms with E-state index in [1.54, 1.807) is 24.3 Å². The van der Waals surface area contributed by atoms with E-state index in [2.05, 4.69) is 0 Å². The maximum atomic E-state index is 12.9. The summed E-state index contributed by atoms with van der Waals surface area (Å²) in [5.74, 6) is -1.25. The van der Waals surface area contributed by atoms with Crippen LogP contribution in [0.4, 0.5) is 0 Å². The summed E-state index contributed by atoms with van der Waals surface area (Å²) in [6.45, 7) is 3.41. The lowest BCUT2D eigenvalue weighted by atomic mass is 10.0. The van der Waals surface area contributed by atoms with Crippen molar-refractivity contribution in [2.75, 3.05) is 6.54 Å². The van der Waals surface area contributed by atoms with Crippen LogP contribution < -0.4 is 0 Å². The SMILES string of the molecule is CC1(C)N(C(=O)CN2C(=O)c3ccccc3C2=O)C1(Cl)c1ccccc1. The van der Waals surface area contributed by atoms with Crippen LogP contribution in [-0.2, 0) is 9.79 Å². The second-order valence-corrected chi connectivity index (χ2v) is 7.57. The summed E-state index contributed by atoms with van der Waals surface area (Å²) < 4.78 is 0. The van der Waals surface area contributed by atoms with Crippen LogP contribution in [0.5, 0.6) is 0 Å². The third-order valence-electron chi connectivity index (χ3n) is 5.21. The number of imide groups is 1. The number of carbonyl (C=O) groups excluding carboxylic acids is 3. The first kappa shape index (κ1) is 16.8. The maximum absolute atomic E-state index is 12.9. The fraction of sp³-hybridized carbons (Fsp3) is 0.250. The third kappa shape index (κ3) is 2.07. The highest BCUT2D eigenvalue weighted by Gasteiger charge is 2.72. The summed E-state index contributed by atoms with van der Waals surface area (Å²) in [5, 5.41) is 0. The molecule has 0 spiro atoms. The molecule has 2 aromatic carbocycles. The lowest BCUT2D eigenvalue weighted by molar-refractivity contribution is -0.127. The molecule has 0 bridgehead atoms. The minimum atomic E-state index is -0.982. The van der Waals surface area contributed by atoms with E-state index in [-0.39, 0.29) is 12.5 Å². The Labute approximate surface area is 156 Å². The molecule has 1 atom stereocenters. The van der Waals surface area contributed by atoms with E-state index in [1.807, 2.05) is 44.2 Å².